The highest BCUT2D eigenvalue weighted by Crippen LogP contribution is 2.27. The average Bonchev–Trinajstić information content (AvgIpc) is 3.06. The molecule has 2 unspecified atom stereocenters. The minimum atomic E-state index is 0. The summed E-state index contributed by atoms with van der Waals surface area (Å²) in [5.41, 5.74) is 0. The van der Waals surface area contributed by atoms with Crippen LogP contribution in [0.4, 0.5) is 0 Å². The smallest absolute Gasteiger partial charge is 0.193 e. The fourth-order valence-corrected chi connectivity index (χ4v) is 3.49. The highest BCUT2D eigenvalue weighted by Gasteiger charge is 2.28. The molecule has 1 aliphatic rings. The first-order valence-corrected chi connectivity index (χ1v) is 9.57. The lowest BCUT2D eigenvalue weighted by molar-refractivity contribution is 0.189. The van der Waals surface area contributed by atoms with Crippen LogP contribution >= 0.6 is 35.7 Å². The Hall–Kier alpha value is -0.440. The van der Waals surface area contributed by atoms with E-state index < -0.39 is 0 Å². The molecule has 0 amide bonds. The molecular formula is C16H30IN5S. The van der Waals surface area contributed by atoms with E-state index >= 15 is 0 Å². The lowest BCUT2D eigenvalue weighted by Gasteiger charge is -2.39. The van der Waals surface area contributed by atoms with E-state index in [1.54, 1.807) is 0 Å². The lowest BCUT2D eigenvalue weighted by Crippen LogP contribution is -2.49. The van der Waals surface area contributed by atoms with Gasteiger partial charge in [0.25, 0.3) is 0 Å². The predicted molar refractivity (Wildman–Crippen MR) is 111 cm³/mol. The largest absolute Gasteiger partial charge is 0.356 e. The number of nitrogens with one attached hydrogen (secondary N) is 1. The van der Waals surface area contributed by atoms with Crippen molar-refractivity contribution in [3.63, 3.8) is 0 Å². The van der Waals surface area contributed by atoms with Gasteiger partial charge >= 0.3 is 0 Å². The highest BCUT2D eigenvalue weighted by molar-refractivity contribution is 14.0. The molecule has 0 saturated carbocycles. The van der Waals surface area contributed by atoms with Crippen LogP contribution in [0.25, 0.3) is 0 Å². The van der Waals surface area contributed by atoms with Crippen LogP contribution in [-0.4, -0.2) is 59.1 Å². The first-order valence-electron chi connectivity index (χ1n) is 8.18. The second-order valence-electron chi connectivity index (χ2n) is 5.96. The molecular weight excluding hydrogens is 421 g/mol. The van der Waals surface area contributed by atoms with Gasteiger partial charge in [-0.1, -0.05) is 6.92 Å². The van der Waals surface area contributed by atoms with Gasteiger partial charge in [-0.2, -0.15) is 11.8 Å². The van der Waals surface area contributed by atoms with Gasteiger partial charge in [0.15, 0.2) is 5.96 Å². The normalized spacial score (nSPS) is 21.9. The van der Waals surface area contributed by atoms with Crippen LogP contribution in [0.1, 0.15) is 32.2 Å². The van der Waals surface area contributed by atoms with E-state index in [9.17, 15) is 0 Å². The molecule has 2 heterocycles. The van der Waals surface area contributed by atoms with E-state index in [1.165, 1.54) is 25.0 Å². The van der Waals surface area contributed by atoms with Gasteiger partial charge in [0.2, 0.25) is 0 Å². The van der Waals surface area contributed by atoms with E-state index in [0.717, 1.165) is 25.6 Å². The summed E-state index contributed by atoms with van der Waals surface area (Å²) in [7, 11) is 1.88. The maximum absolute atomic E-state index is 4.47. The summed E-state index contributed by atoms with van der Waals surface area (Å²) in [6.07, 6.45) is 11.7. The van der Waals surface area contributed by atoms with Crippen molar-refractivity contribution in [2.75, 3.05) is 38.7 Å². The quantitative estimate of drug-likeness (QED) is 0.313. The Labute approximate surface area is 161 Å². The van der Waals surface area contributed by atoms with Gasteiger partial charge in [-0.15, -0.1) is 24.0 Å². The van der Waals surface area contributed by atoms with Crippen molar-refractivity contribution in [3.05, 3.63) is 18.7 Å². The summed E-state index contributed by atoms with van der Waals surface area (Å²) in [6, 6.07) is 0.478. The molecule has 7 heteroatoms. The van der Waals surface area contributed by atoms with Crippen LogP contribution in [-0.2, 0) is 0 Å². The highest BCUT2D eigenvalue weighted by atomic mass is 127. The van der Waals surface area contributed by atoms with Crippen LogP contribution < -0.4 is 5.32 Å². The third-order valence-electron chi connectivity index (χ3n) is 4.40. The fraction of sp³-hybridized carbons (Fsp3) is 0.750. The molecule has 5 nitrogen and oxygen atoms in total. The number of aromatic nitrogens is 2. The predicted octanol–water partition coefficient (Wildman–Crippen LogP) is 3.10. The molecule has 1 aliphatic heterocycles. The molecule has 0 aromatic carbocycles. The second-order valence-corrected chi connectivity index (χ2v) is 6.95. The first kappa shape index (κ1) is 20.6. The molecule has 1 fully saturated rings. The molecule has 2 rings (SSSR count). The standard InChI is InChI=1S/C16H29N5S.HI/c1-14-6-9-20(12-15(14)21-10-8-18-13-21)16(17-2)19-7-4-5-11-22-3;/h8,10,13-15H,4-7,9,11-12H2,1-3H3,(H,17,19);1H. The van der Waals surface area contributed by atoms with Gasteiger partial charge in [0.1, 0.15) is 0 Å². The number of nitrogens with zero attached hydrogens (tertiary/aromatic N) is 4. The van der Waals surface area contributed by atoms with Gasteiger partial charge < -0.3 is 14.8 Å². The van der Waals surface area contributed by atoms with Gasteiger partial charge in [-0.05, 0) is 37.2 Å². The number of rotatable bonds is 6. The topological polar surface area (TPSA) is 45.5 Å². The maximum Gasteiger partial charge on any atom is 0.193 e. The van der Waals surface area contributed by atoms with Crippen molar-refractivity contribution in [2.24, 2.45) is 10.9 Å². The zero-order valence-electron chi connectivity index (χ0n) is 14.4. The van der Waals surface area contributed by atoms with Crippen LogP contribution in [0.15, 0.2) is 23.7 Å². The molecule has 0 spiro atoms. The molecule has 23 heavy (non-hydrogen) atoms. The number of likely N-dealkylation sites (tertiary alicyclic amines) is 1. The van der Waals surface area contributed by atoms with E-state index in [1.807, 2.05) is 31.3 Å². The Balaban J connectivity index is 0.00000264. The molecule has 1 aromatic heterocycles. The second kappa shape index (κ2) is 11.2. The molecule has 0 aliphatic carbocycles. The number of aliphatic imine (C=N–C) groups is 1. The van der Waals surface area contributed by atoms with Crippen molar-refractivity contribution in [2.45, 2.75) is 32.2 Å². The minimum absolute atomic E-state index is 0. The first-order chi connectivity index (χ1) is 10.8. The summed E-state index contributed by atoms with van der Waals surface area (Å²) in [6.45, 7) is 5.43. The van der Waals surface area contributed by atoms with Gasteiger partial charge in [-0.25, -0.2) is 4.98 Å². The monoisotopic (exact) mass is 451 g/mol. The number of piperidine rings is 1. The zero-order chi connectivity index (χ0) is 15.8. The van der Waals surface area contributed by atoms with E-state index in [0.29, 0.717) is 12.0 Å². The Morgan fingerprint density at radius 2 is 2.26 bits per heavy atom. The van der Waals surface area contributed by atoms with Crippen LogP contribution in [0.5, 0.6) is 0 Å². The molecule has 1 aromatic rings. The van der Waals surface area contributed by atoms with Gasteiger partial charge in [0, 0.05) is 39.1 Å². The SMILES string of the molecule is CN=C(NCCCCSC)N1CCC(C)C(n2ccnc2)C1.I. The Kier molecular flexibility index (Phi) is 10.0. The van der Waals surface area contributed by atoms with Crippen LogP contribution in [0.3, 0.4) is 0 Å². The van der Waals surface area contributed by atoms with Crippen molar-refractivity contribution in [1.82, 2.24) is 19.8 Å². The Morgan fingerprint density at radius 3 is 2.91 bits per heavy atom. The van der Waals surface area contributed by atoms with Crippen LogP contribution in [0.2, 0.25) is 0 Å². The molecule has 0 bridgehead atoms. The summed E-state index contributed by atoms with van der Waals surface area (Å²) in [5.74, 6) is 2.95. The van der Waals surface area contributed by atoms with Gasteiger partial charge in [0.05, 0.1) is 12.4 Å². The Morgan fingerprint density at radius 1 is 1.43 bits per heavy atom. The van der Waals surface area contributed by atoms with E-state index in [2.05, 4.69) is 44.1 Å². The number of hydrogen-bond donors (Lipinski definition) is 1. The van der Waals surface area contributed by atoms with Crippen molar-refractivity contribution < 1.29 is 0 Å². The Bertz CT molecular complexity index is 451. The van der Waals surface area contributed by atoms with E-state index in [4.69, 9.17) is 0 Å². The fourth-order valence-electron chi connectivity index (χ4n) is 3.00. The lowest BCUT2D eigenvalue weighted by atomic mass is 9.93. The summed E-state index contributed by atoms with van der Waals surface area (Å²) >= 11 is 1.92. The number of guanidine groups is 1. The van der Waals surface area contributed by atoms with E-state index in [-0.39, 0.29) is 24.0 Å². The van der Waals surface area contributed by atoms with Crippen LogP contribution in [0, 0.1) is 5.92 Å². The third-order valence-corrected chi connectivity index (χ3v) is 5.09. The zero-order valence-corrected chi connectivity index (χ0v) is 17.6. The van der Waals surface area contributed by atoms with Crippen molar-refractivity contribution >= 4 is 41.7 Å². The minimum Gasteiger partial charge on any atom is -0.356 e. The maximum atomic E-state index is 4.47. The number of halogens is 1. The molecule has 1 saturated heterocycles. The van der Waals surface area contributed by atoms with Crippen molar-refractivity contribution in [3.8, 4) is 0 Å². The molecule has 1 N–H and O–H groups in total. The summed E-state index contributed by atoms with van der Waals surface area (Å²) in [5, 5.41) is 3.52. The summed E-state index contributed by atoms with van der Waals surface area (Å²) < 4.78 is 2.24. The number of unbranched alkanes of at least 4 members (excludes halogenated alkanes) is 1. The third kappa shape index (κ3) is 6.17. The van der Waals surface area contributed by atoms with Crippen molar-refractivity contribution in [1.29, 1.82) is 0 Å². The average molecular weight is 451 g/mol. The number of hydrogen-bond acceptors (Lipinski definition) is 3. The number of imidazole rings is 1. The van der Waals surface area contributed by atoms with Gasteiger partial charge in [-0.3, -0.25) is 4.99 Å². The molecule has 0 radical (unpaired) electrons. The summed E-state index contributed by atoms with van der Waals surface area (Å²) in [4.78, 5) is 11.1. The molecule has 132 valence electrons. The number of thioether (sulfide) groups is 1. The molecule has 2 atom stereocenters.